The minimum absolute atomic E-state index is 0.00905. The van der Waals surface area contributed by atoms with Gasteiger partial charge in [-0.3, -0.25) is 20.4 Å². The third-order valence-electron chi connectivity index (χ3n) is 6.06. The molecule has 2 saturated heterocycles. The van der Waals surface area contributed by atoms with E-state index in [4.69, 9.17) is 0 Å². The lowest BCUT2D eigenvalue weighted by molar-refractivity contribution is -0.138. The molecule has 0 bridgehead atoms. The number of rotatable bonds is 6. The Kier molecular flexibility index (Phi) is 7.41. The molecule has 4 atom stereocenters. The molecule has 1 aromatic rings. The van der Waals surface area contributed by atoms with Gasteiger partial charge in [0.25, 0.3) is 0 Å². The molecule has 0 saturated carbocycles. The highest BCUT2D eigenvalue weighted by Gasteiger charge is 2.39. The molecular weight excluding hydrogens is 390 g/mol. The molecule has 2 amide bonds. The standard InChI is InChI=1S/C22H32F2N4O2/c1-13(2)9-20(26-14(3)29)22(30)28-8-4-5-16(12-28)21-17(11-25-27-21)15-6-7-18(23)19(24)10-15/h6-7,10,13,16-17,20-21,25,27H,4-5,8-9,11-12H2,1-3H3,(H,26,29)/t16?,17?,20-,21?/m0/s1. The Morgan fingerprint density at radius 1 is 1.27 bits per heavy atom. The zero-order valence-corrected chi connectivity index (χ0v) is 17.9. The van der Waals surface area contributed by atoms with E-state index in [-0.39, 0.29) is 35.6 Å². The van der Waals surface area contributed by atoms with Crippen molar-refractivity contribution in [2.24, 2.45) is 11.8 Å². The van der Waals surface area contributed by atoms with Crippen molar-refractivity contribution >= 4 is 11.8 Å². The van der Waals surface area contributed by atoms with Gasteiger partial charge in [-0.15, -0.1) is 0 Å². The highest BCUT2D eigenvalue weighted by Crippen LogP contribution is 2.32. The predicted molar refractivity (Wildman–Crippen MR) is 110 cm³/mol. The molecule has 0 radical (unpaired) electrons. The molecule has 0 aromatic heterocycles. The summed E-state index contributed by atoms with van der Waals surface area (Å²) in [6, 6.07) is 3.56. The fourth-order valence-corrected chi connectivity index (χ4v) is 4.69. The Hall–Kier alpha value is -2.06. The maximum Gasteiger partial charge on any atom is 0.245 e. The predicted octanol–water partition coefficient (Wildman–Crippen LogP) is 2.31. The molecule has 3 rings (SSSR count). The quantitative estimate of drug-likeness (QED) is 0.658. The fraction of sp³-hybridized carbons (Fsp3) is 0.636. The number of amides is 2. The van der Waals surface area contributed by atoms with E-state index >= 15 is 0 Å². The first-order valence-corrected chi connectivity index (χ1v) is 10.8. The monoisotopic (exact) mass is 422 g/mol. The van der Waals surface area contributed by atoms with Gasteiger partial charge in [0, 0.05) is 38.5 Å². The number of halogens is 2. The van der Waals surface area contributed by atoms with E-state index in [1.807, 2.05) is 18.7 Å². The van der Waals surface area contributed by atoms with Gasteiger partial charge in [-0.05, 0) is 48.8 Å². The third-order valence-corrected chi connectivity index (χ3v) is 6.06. The van der Waals surface area contributed by atoms with Crippen molar-refractivity contribution in [2.75, 3.05) is 19.6 Å². The van der Waals surface area contributed by atoms with Crippen molar-refractivity contribution in [3.63, 3.8) is 0 Å². The number of benzene rings is 1. The van der Waals surface area contributed by atoms with Gasteiger partial charge in [0.2, 0.25) is 11.8 Å². The number of hydrogen-bond donors (Lipinski definition) is 3. The number of hydrogen-bond acceptors (Lipinski definition) is 4. The van der Waals surface area contributed by atoms with E-state index < -0.39 is 17.7 Å². The Bertz CT molecular complexity index is 774. The zero-order chi connectivity index (χ0) is 21.8. The number of carbonyl (C=O) groups excluding carboxylic acids is 2. The van der Waals surface area contributed by atoms with Crippen molar-refractivity contribution in [2.45, 2.75) is 58.0 Å². The minimum Gasteiger partial charge on any atom is -0.345 e. The summed E-state index contributed by atoms with van der Waals surface area (Å²) in [6.45, 7) is 7.34. The average Bonchev–Trinajstić information content (AvgIpc) is 3.18. The molecule has 2 aliphatic heterocycles. The van der Waals surface area contributed by atoms with Crippen LogP contribution in [-0.2, 0) is 9.59 Å². The lowest BCUT2D eigenvalue weighted by atomic mass is 9.81. The van der Waals surface area contributed by atoms with Crippen LogP contribution in [0.4, 0.5) is 8.78 Å². The van der Waals surface area contributed by atoms with Crippen LogP contribution >= 0.6 is 0 Å². The summed E-state index contributed by atoms with van der Waals surface area (Å²) in [7, 11) is 0. The Labute approximate surface area is 176 Å². The zero-order valence-electron chi connectivity index (χ0n) is 17.9. The molecule has 6 nitrogen and oxygen atoms in total. The topological polar surface area (TPSA) is 73.5 Å². The van der Waals surface area contributed by atoms with Gasteiger partial charge in [0.05, 0.1) is 0 Å². The number of carbonyl (C=O) groups is 2. The summed E-state index contributed by atoms with van der Waals surface area (Å²) in [5.74, 6) is -1.50. The second kappa shape index (κ2) is 9.83. The van der Waals surface area contributed by atoms with Crippen LogP contribution in [-0.4, -0.2) is 48.4 Å². The summed E-state index contributed by atoms with van der Waals surface area (Å²) >= 11 is 0. The van der Waals surface area contributed by atoms with E-state index in [9.17, 15) is 18.4 Å². The van der Waals surface area contributed by atoms with Crippen molar-refractivity contribution in [3.05, 3.63) is 35.4 Å². The maximum atomic E-state index is 13.8. The highest BCUT2D eigenvalue weighted by atomic mass is 19.2. The van der Waals surface area contributed by atoms with Gasteiger partial charge >= 0.3 is 0 Å². The maximum absolute atomic E-state index is 13.8. The van der Waals surface area contributed by atoms with Crippen LogP contribution in [0.2, 0.25) is 0 Å². The van der Waals surface area contributed by atoms with Gasteiger partial charge in [-0.25, -0.2) is 8.78 Å². The van der Waals surface area contributed by atoms with Crippen LogP contribution in [0.5, 0.6) is 0 Å². The normalized spacial score (nSPS) is 25.4. The van der Waals surface area contributed by atoms with Gasteiger partial charge in [0.15, 0.2) is 11.6 Å². The van der Waals surface area contributed by atoms with Crippen LogP contribution in [0.1, 0.15) is 51.5 Å². The van der Waals surface area contributed by atoms with Gasteiger partial charge in [-0.1, -0.05) is 19.9 Å². The number of nitrogens with one attached hydrogen (secondary N) is 3. The van der Waals surface area contributed by atoms with Gasteiger partial charge in [-0.2, -0.15) is 0 Å². The second-order valence-electron chi connectivity index (χ2n) is 8.90. The van der Waals surface area contributed by atoms with Gasteiger partial charge in [0.1, 0.15) is 6.04 Å². The Morgan fingerprint density at radius 3 is 2.70 bits per heavy atom. The van der Waals surface area contributed by atoms with E-state index in [1.54, 1.807) is 6.07 Å². The first kappa shape index (κ1) is 22.6. The molecule has 1 aromatic carbocycles. The Balaban J connectivity index is 1.71. The Morgan fingerprint density at radius 2 is 2.03 bits per heavy atom. The molecule has 3 N–H and O–H groups in total. The molecule has 30 heavy (non-hydrogen) atoms. The summed E-state index contributed by atoms with van der Waals surface area (Å²) in [4.78, 5) is 26.6. The molecule has 166 valence electrons. The molecule has 2 aliphatic rings. The summed E-state index contributed by atoms with van der Waals surface area (Å²) in [6.07, 6.45) is 2.41. The molecule has 2 heterocycles. The molecular formula is C22H32F2N4O2. The molecule has 2 fully saturated rings. The first-order chi connectivity index (χ1) is 14.3. The lowest BCUT2D eigenvalue weighted by Crippen LogP contribution is -2.54. The van der Waals surface area contributed by atoms with Gasteiger partial charge < -0.3 is 10.2 Å². The molecule has 8 heteroatoms. The van der Waals surface area contributed by atoms with Crippen molar-refractivity contribution in [3.8, 4) is 0 Å². The highest BCUT2D eigenvalue weighted by molar-refractivity contribution is 5.87. The van der Waals surface area contributed by atoms with E-state index in [1.165, 1.54) is 19.1 Å². The number of piperidine rings is 1. The van der Waals surface area contributed by atoms with Crippen molar-refractivity contribution < 1.29 is 18.4 Å². The molecule has 0 spiro atoms. The SMILES string of the molecule is CC(=O)N[C@@H](CC(C)C)C(=O)N1CCCC(C2NNCC2c2ccc(F)c(F)c2)C1. The number of nitrogens with zero attached hydrogens (tertiary/aromatic N) is 1. The number of likely N-dealkylation sites (tertiary alicyclic amines) is 1. The molecule has 3 unspecified atom stereocenters. The smallest absolute Gasteiger partial charge is 0.245 e. The summed E-state index contributed by atoms with van der Waals surface area (Å²) < 4.78 is 27.1. The van der Waals surface area contributed by atoms with E-state index in [0.717, 1.165) is 18.4 Å². The second-order valence-corrected chi connectivity index (χ2v) is 8.90. The van der Waals surface area contributed by atoms with Crippen LogP contribution in [0.15, 0.2) is 18.2 Å². The average molecular weight is 423 g/mol. The van der Waals surface area contributed by atoms with Crippen LogP contribution in [0.3, 0.4) is 0 Å². The van der Waals surface area contributed by atoms with Crippen LogP contribution in [0, 0.1) is 23.5 Å². The first-order valence-electron chi connectivity index (χ1n) is 10.8. The number of hydrazine groups is 1. The summed E-state index contributed by atoms with van der Waals surface area (Å²) in [5, 5.41) is 2.80. The minimum atomic E-state index is -0.849. The largest absolute Gasteiger partial charge is 0.345 e. The van der Waals surface area contributed by atoms with Crippen molar-refractivity contribution in [1.29, 1.82) is 0 Å². The van der Waals surface area contributed by atoms with Crippen LogP contribution < -0.4 is 16.2 Å². The van der Waals surface area contributed by atoms with Crippen molar-refractivity contribution in [1.82, 2.24) is 21.1 Å². The summed E-state index contributed by atoms with van der Waals surface area (Å²) in [5.41, 5.74) is 7.18. The van der Waals surface area contributed by atoms with E-state index in [2.05, 4.69) is 16.2 Å². The molecule has 0 aliphatic carbocycles. The fourth-order valence-electron chi connectivity index (χ4n) is 4.69. The van der Waals surface area contributed by atoms with E-state index in [0.29, 0.717) is 26.1 Å². The third kappa shape index (κ3) is 5.35. The lowest BCUT2D eigenvalue weighted by Gasteiger charge is -2.39. The van der Waals surface area contributed by atoms with Crippen LogP contribution in [0.25, 0.3) is 0 Å².